The van der Waals surface area contributed by atoms with E-state index in [0.29, 0.717) is 22.7 Å². The van der Waals surface area contributed by atoms with Crippen LogP contribution in [0.4, 0.5) is 17.1 Å². The monoisotopic (exact) mass is 356 g/mol. The fourth-order valence-corrected chi connectivity index (χ4v) is 2.73. The normalized spacial score (nSPS) is 10.3. The number of amides is 1. The highest BCUT2D eigenvalue weighted by Gasteiger charge is 2.10. The quantitative estimate of drug-likeness (QED) is 0.669. The number of carbonyl (C=O) groups excluding carboxylic acids is 1. The van der Waals surface area contributed by atoms with Gasteiger partial charge in [-0.2, -0.15) is 5.26 Å². The highest BCUT2D eigenvalue weighted by Crippen LogP contribution is 2.27. The summed E-state index contributed by atoms with van der Waals surface area (Å²) in [5.41, 5.74) is 4.57. The van der Waals surface area contributed by atoms with Gasteiger partial charge in [-0.3, -0.25) is 9.78 Å². The third-order valence-corrected chi connectivity index (χ3v) is 4.13. The third-order valence-electron chi connectivity index (χ3n) is 4.13. The fraction of sp³-hybridized carbons (Fsp3) is 0.136. The molecule has 5 nitrogen and oxygen atoms in total. The van der Waals surface area contributed by atoms with Crippen molar-refractivity contribution in [2.75, 3.05) is 10.6 Å². The van der Waals surface area contributed by atoms with E-state index >= 15 is 0 Å². The lowest BCUT2D eigenvalue weighted by Crippen LogP contribution is -2.12. The van der Waals surface area contributed by atoms with Gasteiger partial charge < -0.3 is 10.6 Å². The van der Waals surface area contributed by atoms with E-state index in [-0.39, 0.29) is 5.91 Å². The first-order chi connectivity index (χ1) is 13.1. The third kappa shape index (κ3) is 4.50. The molecule has 134 valence electrons. The van der Waals surface area contributed by atoms with E-state index < -0.39 is 0 Å². The van der Waals surface area contributed by atoms with Crippen LogP contribution >= 0.6 is 0 Å². The number of nitrogens with one attached hydrogen (secondary N) is 2. The number of nitrogens with zero attached hydrogens (tertiary/aromatic N) is 2. The second kappa shape index (κ2) is 8.15. The Hall–Kier alpha value is -3.65. The molecule has 0 aliphatic rings. The van der Waals surface area contributed by atoms with Crippen molar-refractivity contribution in [3.63, 3.8) is 0 Å². The van der Waals surface area contributed by atoms with Crippen LogP contribution in [0, 0.1) is 11.3 Å². The molecule has 0 aliphatic heterocycles. The summed E-state index contributed by atoms with van der Waals surface area (Å²) in [6.45, 7) is 4.28. The molecule has 0 spiro atoms. The Balaban J connectivity index is 1.77. The minimum absolute atomic E-state index is 0.256. The molecule has 1 aromatic heterocycles. The number of para-hydroxylation sites is 1. The lowest BCUT2D eigenvalue weighted by Gasteiger charge is -2.15. The Morgan fingerprint density at radius 3 is 2.48 bits per heavy atom. The summed E-state index contributed by atoms with van der Waals surface area (Å²) in [4.78, 5) is 16.7. The summed E-state index contributed by atoms with van der Waals surface area (Å²) < 4.78 is 0. The Morgan fingerprint density at radius 2 is 1.78 bits per heavy atom. The first-order valence-corrected chi connectivity index (χ1v) is 8.69. The Kier molecular flexibility index (Phi) is 5.48. The van der Waals surface area contributed by atoms with Crippen LogP contribution in [0.25, 0.3) is 0 Å². The number of hydrogen-bond acceptors (Lipinski definition) is 4. The number of anilines is 3. The zero-order chi connectivity index (χ0) is 19.2. The van der Waals surface area contributed by atoms with E-state index in [4.69, 9.17) is 5.26 Å². The molecule has 0 unspecified atom stereocenters. The van der Waals surface area contributed by atoms with Gasteiger partial charge in [0, 0.05) is 17.6 Å². The second-order valence-electron chi connectivity index (χ2n) is 6.47. The number of hydrogen-bond donors (Lipinski definition) is 2. The van der Waals surface area contributed by atoms with Gasteiger partial charge in [-0.05, 0) is 47.9 Å². The summed E-state index contributed by atoms with van der Waals surface area (Å²) >= 11 is 0. The topological polar surface area (TPSA) is 77.8 Å². The van der Waals surface area contributed by atoms with Crippen molar-refractivity contribution in [2.45, 2.75) is 19.8 Å². The molecule has 0 atom stereocenters. The van der Waals surface area contributed by atoms with E-state index in [0.717, 1.165) is 11.4 Å². The van der Waals surface area contributed by atoms with Gasteiger partial charge in [0.25, 0.3) is 5.91 Å². The number of nitriles is 1. The maximum atomic E-state index is 12.5. The predicted octanol–water partition coefficient (Wildman–Crippen LogP) is 5.07. The maximum absolute atomic E-state index is 12.5. The SMILES string of the molecule is CC(C)c1ccccc1Nc1cncc(C(=O)Nc2ccc(C#N)cc2)c1. The Labute approximate surface area is 158 Å². The van der Waals surface area contributed by atoms with Crippen LogP contribution in [-0.4, -0.2) is 10.9 Å². The summed E-state index contributed by atoms with van der Waals surface area (Å²) in [5, 5.41) is 15.0. The molecule has 3 aromatic rings. The van der Waals surface area contributed by atoms with Crippen molar-refractivity contribution in [3.8, 4) is 6.07 Å². The van der Waals surface area contributed by atoms with Crippen molar-refractivity contribution >= 4 is 23.0 Å². The van der Waals surface area contributed by atoms with Gasteiger partial charge in [0.05, 0.1) is 29.1 Å². The van der Waals surface area contributed by atoms with E-state index in [1.165, 1.54) is 11.8 Å². The summed E-state index contributed by atoms with van der Waals surface area (Å²) in [6.07, 6.45) is 3.22. The molecule has 27 heavy (non-hydrogen) atoms. The van der Waals surface area contributed by atoms with Crippen molar-refractivity contribution in [3.05, 3.63) is 83.7 Å². The van der Waals surface area contributed by atoms with Crippen LogP contribution in [0.5, 0.6) is 0 Å². The molecule has 0 fully saturated rings. The standard InChI is InChI=1S/C22H20N4O/c1-15(2)20-5-3-4-6-21(20)25-19-11-17(13-24-14-19)22(27)26-18-9-7-16(12-23)8-10-18/h3-11,13-15,25H,1-2H3,(H,26,27). The summed E-state index contributed by atoms with van der Waals surface area (Å²) in [5.74, 6) is 0.123. The lowest BCUT2D eigenvalue weighted by molar-refractivity contribution is 0.102. The van der Waals surface area contributed by atoms with Crippen molar-refractivity contribution in [1.82, 2.24) is 4.98 Å². The molecule has 0 radical (unpaired) electrons. The van der Waals surface area contributed by atoms with Crippen LogP contribution in [0.1, 0.15) is 41.3 Å². The van der Waals surface area contributed by atoms with Crippen LogP contribution in [0.15, 0.2) is 67.0 Å². The van der Waals surface area contributed by atoms with Gasteiger partial charge >= 0.3 is 0 Å². The maximum Gasteiger partial charge on any atom is 0.257 e. The minimum Gasteiger partial charge on any atom is -0.354 e. The predicted molar refractivity (Wildman–Crippen MR) is 107 cm³/mol. The molecule has 1 amide bonds. The van der Waals surface area contributed by atoms with Crippen molar-refractivity contribution in [1.29, 1.82) is 5.26 Å². The number of carbonyl (C=O) groups is 1. The minimum atomic E-state index is -0.256. The van der Waals surface area contributed by atoms with Crippen molar-refractivity contribution in [2.24, 2.45) is 0 Å². The van der Waals surface area contributed by atoms with Gasteiger partial charge in [-0.1, -0.05) is 32.0 Å². The Morgan fingerprint density at radius 1 is 1.04 bits per heavy atom. The van der Waals surface area contributed by atoms with Gasteiger partial charge in [0.2, 0.25) is 0 Å². The molecular formula is C22H20N4O. The first kappa shape index (κ1) is 18.2. The van der Waals surface area contributed by atoms with E-state index in [2.05, 4.69) is 41.6 Å². The molecule has 0 saturated heterocycles. The number of rotatable bonds is 5. The van der Waals surface area contributed by atoms with Gasteiger partial charge in [0.1, 0.15) is 0 Å². The number of benzene rings is 2. The number of aromatic nitrogens is 1. The fourth-order valence-electron chi connectivity index (χ4n) is 2.73. The molecule has 0 aliphatic carbocycles. The average molecular weight is 356 g/mol. The highest BCUT2D eigenvalue weighted by atomic mass is 16.1. The average Bonchev–Trinajstić information content (AvgIpc) is 2.69. The lowest BCUT2D eigenvalue weighted by atomic mass is 10.0. The largest absolute Gasteiger partial charge is 0.354 e. The van der Waals surface area contributed by atoms with Crippen molar-refractivity contribution < 1.29 is 4.79 Å². The molecule has 3 rings (SSSR count). The van der Waals surface area contributed by atoms with Gasteiger partial charge in [0.15, 0.2) is 0 Å². The zero-order valence-corrected chi connectivity index (χ0v) is 15.2. The molecular weight excluding hydrogens is 336 g/mol. The van der Waals surface area contributed by atoms with Crippen LogP contribution < -0.4 is 10.6 Å². The second-order valence-corrected chi connectivity index (χ2v) is 6.47. The van der Waals surface area contributed by atoms with E-state index in [9.17, 15) is 4.79 Å². The number of pyridine rings is 1. The summed E-state index contributed by atoms with van der Waals surface area (Å²) in [6, 6.07) is 18.6. The molecule has 5 heteroatoms. The highest BCUT2D eigenvalue weighted by molar-refractivity contribution is 6.04. The van der Waals surface area contributed by atoms with E-state index in [1.807, 2.05) is 18.2 Å². The van der Waals surface area contributed by atoms with Gasteiger partial charge in [-0.25, -0.2) is 0 Å². The smallest absolute Gasteiger partial charge is 0.257 e. The van der Waals surface area contributed by atoms with Crippen LogP contribution in [0.3, 0.4) is 0 Å². The van der Waals surface area contributed by atoms with Gasteiger partial charge in [-0.15, -0.1) is 0 Å². The van der Waals surface area contributed by atoms with E-state index in [1.54, 1.807) is 36.5 Å². The molecule has 2 N–H and O–H groups in total. The van der Waals surface area contributed by atoms with Crippen LogP contribution in [0.2, 0.25) is 0 Å². The molecule has 0 saturated carbocycles. The molecule has 1 heterocycles. The van der Waals surface area contributed by atoms with Crippen LogP contribution in [-0.2, 0) is 0 Å². The zero-order valence-electron chi connectivity index (χ0n) is 15.2. The Bertz CT molecular complexity index is 988. The summed E-state index contributed by atoms with van der Waals surface area (Å²) in [7, 11) is 0. The molecule has 0 bridgehead atoms. The first-order valence-electron chi connectivity index (χ1n) is 8.69. The molecule has 2 aromatic carbocycles.